The van der Waals surface area contributed by atoms with E-state index < -0.39 is 18.1 Å². The summed E-state index contributed by atoms with van der Waals surface area (Å²) >= 11 is 0. The van der Waals surface area contributed by atoms with Crippen LogP contribution in [-0.4, -0.2) is 34.9 Å². The molecule has 0 aliphatic heterocycles. The maximum Gasteiger partial charge on any atom is 0.490 e. The van der Waals surface area contributed by atoms with Crippen LogP contribution in [0.25, 0.3) is 0 Å². The first-order valence-corrected chi connectivity index (χ1v) is 8.62. The lowest BCUT2D eigenvalue weighted by atomic mass is 9.81. The number of benzene rings is 1. The molecule has 0 saturated heterocycles. The minimum atomic E-state index is -5.08. The lowest BCUT2D eigenvalue weighted by Gasteiger charge is -2.31. The van der Waals surface area contributed by atoms with E-state index in [2.05, 4.69) is 24.0 Å². The number of alkyl halides is 3. The third kappa shape index (κ3) is 8.25. The molecule has 8 heteroatoms. The zero-order valence-corrected chi connectivity index (χ0v) is 14.8. The maximum absolute atomic E-state index is 10.9. The first-order chi connectivity index (χ1) is 12.6. The van der Waals surface area contributed by atoms with E-state index in [0.29, 0.717) is 12.5 Å². The van der Waals surface area contributed by atoms with Gasteiger partial charge < -0.3 is 15.5 Å². The molecule has 1 fully saturated rings. The van der Waals surface area contributed by atoms with Crippen LogP contribution < -0.4 is 5.32 Å². The predicted octanol–water partition coefficient (Wildman–Crippen LogP) is 4.17. The number of hydrogen-bond donors (Lipinski definition) is 3. The Bertz CT molecular complexity index is 626. The van der Waals surface area contributed by atoms with E-state index in [4.69, 9.17) is 15.0 Å². The number of nitrogens with one attached hydrogen (secondary N) is 1. The second-order valence-corrected chi connectivity index (χ2v) is 6.38. The number of carboxylic acids is 2. The smallest absolute Gasteiger partial charge is 0.478 e. The van der Waals surface area contributed by atoms with Crippen molar-refractivity contribution in [3.05, 3.63) is 48.0 Å². The van der Waals surface area contributed by atoms with E-state index in [1.54, 1.807) is 0 Å². The van der Waals surface area contributed by atoms with Crippen LogP contribution in [0.4, 0.5) is 13.2 Å². The van der Waals surface area contributed by atoms with E-state index in [1.807, 2.05) is 18.2 Å². The molecule has 5 nitrogen and oxygen atoms in total. The second-order valence-electron chi connectivity index (χ2n) is 6.38. The van der Waals surface area contributed by atoms with Crippen LogP contribution in [0.3, 0.4) is 0 Å². The van der Waals surface area contributed by atoms with Crippen molar-refractivity contribution in [2.24, 2.45) is 5.92 Å². The van der Waals surface area contributed by atoms with Crippen LogP contribution in [0, 0.1) is 5.92 Å². The Morgan fingerprint density at radius 2 is 1.63 bits per heavy atom. The summed E-state index contributed by atoms with van der Waals surface area (Å²) in [6.07, 6.45) is 1.21. The molecular formula is C19H24F3NO4. The van der Waals surface area contributed by atoms with Crippen LogP contribution in [0.15, 0.2) is 42.5 Å². The number of carbonyl (C=O) groups is 2. The van der Waals surface area contributed by atoms with E-state index in [0.717, 1.165) is 0 Å². The van der Waals surface area contributed by atoms with Crippen molar-refractivity contribution in [3.8, 4) is 0 Å². The van der Waals surface area contributed by atoms with Crippen LogP contribution in [0.2, 0.25) is 0 Å². The summed E-state index contributed by atoms with van der Waals surface area (Å²) in [6.45, 7) is 3.94. The summed E-state index contributed by atoms with van der Waals surface area (Å²) in [5, 5.41) is 19.5. The Morgan fingerprint density at radius 3 is 2.07 bits per heavy atom. The molecule has 3 N–H and O–H groups in total. The highest BCUT2D eigenvalue weighted by atomic mass is 19.4. The fourth-order valence-electron chi connectivity index (χ4n) is 2.99. The van der Waals surface area contributed by atoms with Gasteiger partial charge in [-0.15, -0.1) is 0 Å². The van der Waals surface area contributed by atoms with Gasteiger partial charge in [-0.05, 0) is 24.3 Å². The Balaban J connectivity index is 0.000000445. The molecule has 150 valence electrons. The summed E-state index contributed by atoms with van der Waals surface area (Å²) in [4.78, 5) is 19.8. The van der Waals surface area contributed by atoms with Crippen LogP contribution in [-0.2, 0) is 9.59 Å². The molecule has 0 radical (unpaired) electrons. The van der Waals surface area contributed by atoms with Gasteiger partial charge in [0.15, 0.2) is 0 Å². The molecule has 0 spiro atoms. The molecular weight excluding hydrogens is 363 g/mol. The maximum atomic E-state index is 10.9. The zero-order valence-electron chi connectivity index (χ0n) is 14.8. The van der Waals surface area contributed by atoms with Gasteiger partial charge in [-0.1, -0.05) is 56.2 Å². The van der Waals surface area contributed by atoms with Crippen LogP contribution >= 0.6 is 0 Å². The quantitative estimate of drug-likeness (QED) is 0.638. The van der Waals surface area contributed by atoms with Gasteiger partial charge in [0, 0.05) is 18.2 Å². The second kappa shape index (κ2) is 10.7. The van der Waals surface area contributed by atoms with Gasteiger partial charge in [-0.2, -0.15) is 13.2 Å². The molecule has 1 aromatic rings. The molecule has 1 aromatic carbocycles. The Labute approximate surface area is 155 Å². The van der Waals surface area contributed by atoms with Gasteiger partial charge >= 0.3 is 18.1 Å². The molecule has 1 aliphatic carbocycles. The molecule has 1 aliphatic rings. The van der Waals surface area contributed by atoms with Gasteiger partial charge in [-0.25, -0.2) is 9.59 Å². The molecule has 2 rings (SSSR count). The van der Waals surface area contributed by atoms with Gasteiger partial charge in [0.1, 0.15) is 0 Å². The summed E-state index contributed by atoms with van der Waals surface area (Å²) in [5.74, 6) is -3.09. The molecule has 1 unspecified atom stereocenters. The fraction of sp³-hybridized carbons (Fsp3) is 0.474. The number of rotatable bonds is 6. The van der Waals surface area contributed by atoms with Gasteiger partial charge in [0.25, 0.3) is 0 Å². The monoisotopic (exact) mass is 387 g/mol. The van der Waals surface area contributed by atoms with E-state index in [9.17, 15) is 18.0 Å². The largest absolute Gasteiger partial charge is 0.490 e. The molecule has 27 heavy (non-hydrogen) atoms. The average molecular weight is 387 g/mol. The first kappa shape index (κ1) is 22.7. The highest BCUT2D eigenvalue weighted by Gasteiger charge is 2.38. The standard InChI is InChI=1S/C17H23NO2.C2HF3O2/c1-13(17(19)20)12-18-16(14-8-4-2-5-9-14)15-10-6-3-7-11-15;3-2(4,5)1(6)7/h2,4-5,8-9,15-16,18H,1,3,6-7,10-12H2,(H,19,20);(H,6,7). The van der Waals surface area contributed by atoms with Crippen molar-refractivity contribution in [2.75, 3.05) is 6.54 Å². The van der Waals surface area contributed by atoms with Crippen molar-refractivity contribution < 1.29 is 33.0 Å². The lowest BCUT2D eigenvalue weighted by Crippen LogP contribution is -2.32. The number of hydrogen-bond acceptors (Lipinski definition) is 3. The van der Waals surface area contributed by atoms with Crippen molar-refractivity contribution in [3.63, 3.8) is 0 Å². The van der Waals surface area contributed by atoms with Crippen molar-refractivity contribution in [2.45, 2.75) is 44.3 Å². The molecule has 0 heterocycles. The predicted molar refractivity (Wildman–Crippen MR) is 94.2 cm³/mol. The Morgan fingerprint density at radius 1 is 1.11 bits per heavy atom. The van der Waals surface area contributed by atoms with Crippen LogP contribution in [0.5, 0.6) is 0 Å². The summed E-state index contributed by atoms with van der Waals surface area (Å²) in [7, 11) is 0. The van der Waals surface area contributed by atoms with Crippen molar-refractivity contribution in [1.82, 2.24) is 5.32 Å². The third-order valence-corrected chi connectivity index (χ3v) is 4.36. The first-order valence-electron chi connectivity index (χ1n) is 8.62. The normalized spacial score (nSPS) is 16.0. The number of halogens is 3. The highest BCUT2D eigenvalue weighted by molar-refractivity contribution is 5.86. The Kier molecular flexibility index (Phi) is 9.00. The van der Waals surface area contributed by atoms with E-state index in [1.165, 1.54) is 37.7 Å². The summed E-state index contributed by atoms with van der Waals surface area (Å²) < 4.78 is 31.7. The Hall–Kier alpha value is -2.35. The summed E-state index contributed by atoms with van der Waals surface area (Å²) in [6, 6.07) is 10.6. The number of aliphatic carboxylic acids is 2. The van der Waals surface area contributed by atoms with Gasteiger partial charge in [-0.3, -0.25) is 0 Å². The topological polar surface area (TPSA) is 86.6 Å². The van der Waals surface area contributed by atoms with E-state index >= 15 is 0 Å². The number of carboxylic acid groups (broad SMARTS) is 2. The average Bonchev–Trinajstić information content (AvgIpc) is 2.63. The lowest BCUT2D eigenvalue weighted by molar-refractivity contribution is -0.192. The summed E-state index contributed by atoms with van der Waals surface area (Å²) in [5.41, 5.74) is 1.47. The zero-order chi connectivity index (χ0) is 20.4. The van der Waals surface area contributed by atoms with Crippen LogP contribution in [0.1, 0.15) is 43.7 Å². The van der Waals surface area contributed by atoms with Crippen molar-refractivity contribution >= 4 is 11.9 Å². The van der Waals surface area contributed by atoms with Gasteiger partial charge in [0.2, 0.25) is 0 Å². The van der Waals surface area contributed by atoms with Gasteiger partial charge in [0.05, 0.1) is 0 Å². The fourth-order valence-corrected chi connectivity index (χ4v) is 2.99. The van der Waals surface area contributed by atoms with Crippen molar-refractivity contribution in [1.29, 1.82) is 0 Å². The SMILES string of the molecule is C=C(CNC(c1ccccc1)C1CCCCC1)C(=O)O.O=C(O)C(F)(F)F. The molecule has 0 aromatic heterocycles. The molecule has 0 amide bonds. The molecule has 1 saturated carbocycles. The third-order valence-electron chi connectivity index (χ3n) is 4.36. The molecule has 1 atom stereocenters. The van der Waals surface area contributed by atoms with E-state index in [-0.39, 0.29) is 11.6 Å². The minimum Gasteiger partial charge on any atom is -0.478 e. The molecule has 0 bridgehead atoms. The highest BCUT2D eigenvalue weighted by Crippen LogP contribution is 2.34. The minimum absolute atomic E-state index is 0.224.